The van der Waals surface area contributed by atoms with Gasteiger partial charge < -0.3 is 20.1 Å². The van der Waals surface area contributed by atoms with Crippen LogP contribution < -0.4 is 15.4 Å². The third kappa shape index (κ3) is 6.43. The number of amides is 2. The van der Waals surface area contributed by atoms with Gasteiger partial charge in [-0.3, -0.25) is 19.2 Å². The van der Waals surface area contributed by atoms with E-state index >= 15 is 0 Å². The number of rotatable bonds is 9. The van der Waals surface area contributed by atoms with E-state index in [0.29, 0.717) is 16.8 Å². The van der Waals surface area contributed by atoms with Crippen molar-refractivity contribution >= 4 is 51.4 Å². The zero-order valence-corrected chi connectivity index (χ0v) is 24.9. The molecule has 0 saturated carbocycles. The number of pyridine rings is 1. The van der Waals surface area contributed by atoms with Crippen LogP contribution in [0.1, 0.15) is 52.7 Å². The van der Waals surface area contributed by atoms with E-state index in [1.165, 1.54) is 24.1 Å². The molecule has 0 bridgehead atoms. The van der Waals surface area contributed by atoms with Crippen LogP contribution in [0.15, 0.2) is 36.7 Å². The van der Waals surface area contributed by atoms with E-state index < -0.39 is 23.0 Å². The number of carbonyl (C=O) groups excluding carboxylic acids is 4. The van der Waals surface area contributed by atoms with Gasteiger partial charge in [0, 0.05) is 29.9 Å². The highest BCUT2D eigenvalue weighted by Crippen LogP contribution is 2.31. The maximum absolute atomic E-state index is 13.7. The van der Waals surface area contributed by atoms with Crippen LogP contribution in [0.2, 0.25) is 0 Å². The molecule has 0 fully saturated rings. The third-order valence-electron chi connectivity index (χ3n) is 6.00. The molecule has 42 heavy (non-hydrogen) atoms. The number of thioether (sulfide) groups is 1. The second-order valence-electron chi connectivity index (χ2n) is 9.52. The molecule has 0 unspecified atom stereocenters. The smallest absolute Gasteiger partial charge is 0.316 e. The van der Waals surface area contributed by atoms with E-state index in [1.54, 1.807) is 46.0 Å². The first-order valence-electron chi connectivity index (χ1n) is 13.1. The van der Waals surface area contributed by atoms with Crippen LogP contribution in [0.5, 0.6) is 5.88 Å². The highest BCUT2D eigenvalue weighted by Gasteiger charge is 2.26. The van der Waals surface area contributed by atoms with Crippen LogP contribution in [0, 0.1) is 13.8 Å². The zero-order valence-electron chi connectivity index (χ0n) is 24.0. The number of benzene rings is 1. The van der Waals surface area contributed by atoms with E-state index in [4.69, 9.17) is 9.47 Å². The number of methoxy groups -OCH3 is 1. The molecule has 2 N–H and O–H groups in total. The van der Waals surface area contributed by atoms with Crippen molar-refractivity contribution in [2.45, 2.75) is 40.7 Å². The zero-order chi connectivity index (χ0) is 30.6. The van der Waals surface area contributed by atoms with Crippen LogP contribution in [-0.2, 0) is 9.53 Å². The van der Waals surface area contributed by atoms with Crippen molar-refractivity contribution in [1.82, 2.24) is 29.9 Å². The van der Waals surface area contributed by atoms with Crippen LogP contribution >= 0.6 is 11.8 Å². The Bertz CT molecular complexity index is 1680. The second kappa shape index (κ2) is 12.9. The summed E-state index contributed by atoms with van der Waals surface area (Å²) in [5.74, 6) is -1.13. The predicted octanol–water partition coefficient (Wildman–Crippen LogP) is 3.90. The molecule has 13 nitrogen and oxygen atoms in total. The molecule has 0 aliphatic rings. The number of hydrogen-bond acceptors (Lipinski definition) is 10. The molecule has 0 radical (unpaired) electrons. The summed E-state index contributed by atoms with van der Waals surface area (Å²) in [6, 6.07) is 6.58. The maximum atomic E-state index is 13.7. The molecule has 2 amide bonds. The van der Waals surface area contributed by atoms with Crippen LogP contribution in [0.25, 0.3) is 16.7 Å². The highest BCUT2D eigenvalue weighted by molar-refractivity contribution is 8.14. The van der Waals surface area contributed by atoms with E-state index in [2.05, 4.69) is 25.8 Å². The molecular formula is C28H31N7O6S. The molecule has 0 atom stereocenters. The number of esters is 1. The lowest BCUT2D eigenvalue weighted by Gasteiger charge is -2.16. The Hall–Kier alpha value is -4.72. The Morgan fingerprint density at radius 3 is 2.50 bits per heavy atom. The average Bonchev–Trinajstić information content (AvgIpc) is 3.56. The van der Waals surface area contributed by atoms with E-state index in [0.717, 1.165) is 22.0 Å². The summed E-state index contributed by atoms with van der Waals surface area (Å²) in [6.45, 7) is 9.06. The van der Waals surface area contributed by atoms with E-state index in [-0.39, 0.29) is 46.7 Å². The number of ether oxygens (including phenoxy) is 2. The van der Waals surface area contributed by atoms with Crippen LogP contribution in [0.4, 0.5) is 10.5 Å². The maximum Gasteiger partial charge on any atom is 0.316 e. The number of aromatic nitrogens is 5. The molecule has 0 aliphatic heterocycles. The summed E-state index contributed by atoms with van der Waals surface area (Å²) in [5.41, 5.74) is 1.96. The third-order valence-corrected chi connectivity index (χ3v) is 6.81. The van der Waals surface area contributed by atoms with Crippen LogP contribution in [0.3, 0.4) is 0 Å². The molecule has 4 aromatic rings. The summed E-state index contributed by atoms with van der Waals surface area (Å²) < 4.78 is 12.6. The SMILES string of the molecule is CCOC(=O)CSC(=O)n1cc2cc(C)c(NC(=O)c3cc(OC)nn3-c3ncccc3C)c(C(=O)NC(C)C)c2n1. The van der Waals surface area contributed by atoms with Gasteiger partial charge in [-0.15, -0.1) is 5.10 Å². The van der Waals surface area contributed by atoms with Gasteiger partial charge in [-0.1, -0.05) is 17.8 Å². The van der Waals surface area contributed by atoms with Gasteiger partial charge in [0.1, 0.15) is 17.0 Å². The van der Waals surface area contributed by atoms with Gasteiger partial charge in [0.2, 0.25) is 5.88 Å². The van der Waals surface area contributed by atoms with E-state index in [9.17, 15) is 19.2 Å². The minimum atomic E-state index is -0.572. The number of carbonyl (C=O) groups is 4. The van der Waals surface area contributed by atoms with Crippen molar-refractivity contribution < 1.29 is 28.7 Å². The van der Waals surface area contributed by atoms with Crippen molar-refractivity contribution in [2.24, 2.45) is 0 Å². The molecule has 14 heteroatoms. The number of fused-ring (bicyclic) bond motifs is 1. The van der Waals surface area contributed by atoms with Crippen molar-refractivity contribution in [2.75, 3.05) is 24.8 Å². The minimum Gasteiger partial charge on any atom is -0.480 e. The average molecular weight is 594 g/mol. The van der Waals surface area contributed by atoms with Crippen LogP contribution in [-0.4, -0.2) is 73.1 Å². The molecule has 4 rings (SSSR count). The lowest BCUT2D eigenvalue weighted by atomic mass is 10.0. The molecular weight excluding hydrogens is 562 g/mol. The first-order chi connectivity index (χ1) is 20.0. The fraction of sp³-hybridized carbons (Fsp3) is 0.321. The Morgan fingerprint density at radius 1 is 1.07 bits per heavy atom. The van der Waals surface area contributed by atoms with Gasteiger partial charge in [-0.25, -0.2) is 9.67 Å². The van der Waals surface area contributed by atoms with Gasteiger partial charge >= 0.3 is 11.2 Å². The summed E-state index contributed by atoms with van der Waals surface area (Å²) in [7, 11) is 1.44. The lowest BCUT2D eigenvalue weighted by molar-refractivity contribution is -0.139. The second-order valence-corrected chi connectivity index (χ2v) is 10.5. The molecule has 220 valence electrons. The van der Waals surface area contributed by atoms with Gasteiger partial charge in [0.05, 0.1) is 25.0 Å². The normalized spacial score (nSPS) is 11.0. The molecule has 3 heterocycles. The molecule has 0 spiro atoms. The highest BCUT2D eigenvalue weighted by atomic mass is 32.2. The first kappa shape index (κ1) is 30.2. The standard InChI is InChI=1S/C28H31N7O6S/c1-7-41-21(36)14-42-28(39)34-13-18-11-17(5)23(22(24(18)33-34)27(38)30-15(2)3)31-26(37)19-12-20(40-6)32-35(19)25-16(4)9-8-10-29-25/h8-13,15H,7,14H2,1-6H3,(H,30,38)(H,31,37). The number of aryl methyl sites for hydroxylation is 2. The number of nitrogens with zero attached hydrogens (tertiary/aromatic N) is 5. The summed E-state index contributed by atoms with van der Waals surface area (Å²) >= 11 is 0.728. The van der Waals surface area contributed by atoms with Crippen molar-refractivity contribution in [3.63, 3.8) is 0 Å². The summed E-state index contributed by atoms with van der Waals surface area (Å²) in [4.78, 5) is 56.1. The van der Waals surface area contributed by atoms with Crippen molar-refractivity contribution in [3.05, 3.63) is 59.0 Å². The fourth-order valence-electron chi connectivity index (χ4n) is 4.17. The van der Waals surface area contributed by atoms with Gasteiger partial charge in [-0.2, -0.15) is 9.78 Å². The fourth-order valence-corrected chi connectivity index (χ4v) is 4.72. The Labute approximate surface area is 246 Å². The predicted molar refractivity (Wildman–Crippen MR) is 158 cm³/mol. The molecule has 1 aromatic carbocycles. The number of hydrogen-bond donors (Lipinski definition) is 2. The van der Waals surface area contributed by atoms with Gasteiger partial charge in [0.25, 0.3) is 11.8 Å². The largest absolute Gasteiger partial charge is 0.480 e. The van der Waals surface area contributed by atoms with Crippen molar-refractivity contribution in [3.8, 4) is 11.7 Å². The topological polar surface area (TPSA) is 159 Å². The summed E-state index contributed by atoms with van der Waals surface area (Å²) in [6.07, 6.45) is 3.07. The molecule has 0 saturated heterocycles. The molecule has 0 aliphatic carbocycles. The van der Waals surface area contributed by atoms with Crippen molar-refractivity contribution in [1.29, 1.82) is 0 Å². The molecule has 3 aromatic heterocycles. The monoisotopic (exact) mass is 593 g/mol. The lowest BCUT2D eigenvalue weighted by Crippen LogP contribution is -2.31. The quantitative estimate of drug-likeness (QED) is 0.273. The Kier molecular flexibility index (Phi) is 9.25. The van der Waals surface area contributed by atoms with Gasteiger partial charge in [0.15, 0.2) is 5.82 Å². The number of anilines is 1. The first-order valence-corrected chi connectivity index (χ1v) is 14.1. The van der Waals surface area contributed by atoms with E-state index in [1.807, 2.05) is 13.0 Å². The minimum absolute atomic E-state index is 0.0843. The number of nitrogens with one attached hydrogen (secondary N) is 2. The summed E-state index contributed by atoms with van der Waals surface area (Å²) in [5, 5.41) is 14.4. The Balaban J connectivity index is 1.77. The Morgan fingerprint density at radius 2 is 1.83 bits per heavy atom. The van der Waals surface area contributed by atoms with Gasteiger partial charge in [-0.05, 0) is 57.9 Å².